The highest BCUT2D eigenvalue weighted by Gasteiger charge is 2.14. The summed E-state index contributed by atoms with van der Waals surface area (Å²) in [5.41, 5.74) is 0.509. The molecular weight excluding hydrogens is 229 g/mol. The minimum Gasteiger partial charge on any atom is -0.459 e. The van der Waals surface area contributed by atoms with Crippen LogP contribution < -0.4 is 5.32 Å². The number of nitrogens with one attached hydrogen (secondary N) is 1. The van der Waals surface area contributed by atoms with E-state index < -0.39 is 0 Å². The third-order valence-corrected chi connectivity index (χ3v) is 2.97. The minimum atomic E-state index is -0.255. The molecule has 2 rings (SSSR count). The lowest BCUT2D eigenvalue weighted by molar-refractivity contribution is 0.416. The van der Waals surface area contributed by atoms with Crippen LogP contribution in [0.5, 0.6) is 0 Å². The van der Waals surface area contributed by atoms with Crippen LogP contribution in [-0.2, 0) is 0 Å². The van der Waals surface area contributed by atoms with Crippen LogP contribution in [0.4, 0.5) is 4.39 Å². The number of benzene rings is 1. The van der Waals surface area contributed by atoms with Crippen molar-refractivity contribution in [2.75, 3.05) is 6.54 Å². The van der Waals surface area contributed by atoms with E-state index in [-0.39, 0.29) is 11.9 Å². The maximum absolute atomic E-state index is 13.6. The van der Waals surface area contributed by atoms with E-state index >= 15 is 0 Å². The molecule has 1 heterocycles. The average molecular weight is 247 g/mol. The number of hydrogen-bond donors (Lipinski definition) is 1. The Balaban J connectivity index is 2.28. The highest BCUT2D eigenvalue weighted by molar-refractivity contribution is 5.58. The zero-order chi connectivity index (χ0) is 13.0. The minimum absolute atomic E-state index is 0.190. The Labute approximate surface area is 107 Å². The lowest BCUT2D eigenvalue weighted by Crippen LogP contribution is -2.19. The van der Waals surface area contributed by atoms with Gasteiger partial charge in [-0.3, -0.25) is 0 Å². The molecule has 1 atom stereocenters. The summed E-state index contributed by atoms with van der Waals surface area (Å²) >= 11 is 0. The summed E-state index contributed by atoms with van der Waals surface area (Å²) < 4.78 is 19.4. The molecule has 0 spiro atoms. The van der Waals surface area contributed by atoms with Crippen molar-refractivity contribution in [2.24, 2.45) is 0 Å². The first-order chi connectivity index (χ1) is 8.76. The summed E-state index contributed by atoms with van der Waals surface area (Å²) in [6.45, 7) is 5.04. The van der Waals surface area contributed by atoms with E-state index in [9.17, 15) is 4.39 Å². The largest absolute Gasteiger partial charge is 0.459 e. The Bertz CT molecular complexity index is 507. The van der Waals surface area contributed by atoms with Gasteiger partial charge in [0.1, 0.15) is 17.3 Å². The maximum Gasteiger partial charge on any atom is 0.137 e. The molecular formula is C15H18FNO. The Morgan fingerprint density at radius 3 is 2.61 bits per heavy atom. The third-order valence-electron chi connectivity index (χ3n) is 2.97. The molecule has 2 nitrogen and oxygen atoms in total. The summed E-state index contributed by atoms with van der Waals surface area (Å²) in [6.07, 6.45) is 0.943. The third kappa shape index (κ3) is 2.62. The monoisotopic (exact) mass is 247 g/mol. The van der Waals surface area contributed by atoms with Crippen molar-refractivity contribution in [3.63, 3.8) is 0 Å². The molecule has 0 saturated carbocycles. The summed E-state index contributed by atoms with van der Waals surface area (Å²) in [6, 6.07) is 10.6. The van der Waals surface area contributed by atoms with Crippen molar-refractivity contribution in [1.29, 1.82) is 0 Å². The van der Waals surface area contributed by atoms with Gasteiger partial charge in [0, 0.05) is 0 Å². The summed E-state index contributed by atoms with van der Waals surface area (Å²) in [5, 5.41) is 3.34. The van der Waals surface area contributed by atoms with Gasteiger partial charge < -0.3 is 9.73 Å². The van der Waals surface area contributed by atoms with Crippen LogP contribution in [0.25, 0.3) is 11.3 Å². The summed E-state index contributed by atoms with van der Waals surface area (Å²) in [4.78, 5) is 0. The number of rotatable bonds is 5. The molecule has 0 bridgehead atoms. The first kappa shape index (κ1) is 12.8. The van der Waals surface area contributed by atoms with E-state index in [1.165, 1.54) is 6.07 Å². The fourth-order valence-corrected chi connectivity index (χ4v) is 2.04. The van der Waals surface area contributed by atoms with Gasteiger partial charge in [0.15, 0.2) is 0 Å². The van der Waals surface area contributed by atoms with Crippen LogP contribution in [0.3, 0.4) is 0 Å². The van der Waals surface area contributed by atoms with E-state index in [0.29, 0.717) is 11.3 Å². The lowest BCUT2D eigenvalue weighted by atomic mass is 10.1. The van der Waals surface area contributed by atoms with Crippen LogP contribution in [0.1, 0.15) is 32.1 Å². The van der Waals surface area contributed by atoms with Gasteiger partial charge in [-0.05, 0) is 37.2 Å². The van der Waals surface area contributed by atoms with Gasteiger partial charge in [-0.25, -0.2) is 4.39 Å². The van der Waals surface area contributed by atoms with E-state index in [4.69, 9.17) is 4.42 Å². The van der Waals surface area contributed by atoms with Gasteiger partial charge in [-0.15, -0.1) is 0 Å². The Hall–Kier alpha value is -1.61. The second kappa shape index (κ2) is 5.83. The molecule has 0 aliphatic rings. The zero-order valence-corrected chi connectivity index (χ0v) is 10.7. The van der Waals surface area contributed by atoms with Crippen LogP contribution in [-0.4, -0.2) is 6.54 Å². The van der Waals surface area contributed by atoms with Gasteiger partial charge in [0.05, 0.1) is 11.6 Å². The van der Waals surface area contributed by atoms with Crippen molar-refractivity contribution in [3.05, 3.63) is 48.0 Å². The van der Waals surface area contributed by atoms with E-state index in [1.807, 2.05) is 18.2 Å². The van der Waals surface area contributed by atoms with E-state index in [2.05, 4.69) is 19.2 Å². The quantitative estimate of drug-likeness (QED) is 0.858. The molecule has 2 aromatic rings. The molecule has 0 aliphatic heterocycles. The number of hydrogen-bond acceptors (Lipinski definition) is 2. The molecule has 0 amide bonds. The maximum atomic E-state index is 13.6. The molecule has 0 radical (unpaired) electrons. The second-order valence-corrected chi connectivity index (χ2v) is 4.20. The molecule has 96 valence electrons. The Morgan fingerprint density at radius 1 is 1.17 bits per heavy atom. The van der Waals surface area contributed by atoms with Crippen molar-refractivity contribution >= 4 is 0 Å². The van der Waals surface area contributed by atoms with Gasteiger partial charge in [0.25, 0.3) is 0 Å². The number of halogens is 1. The molecule has 1 aromatic heterocycles. The first-order valence-corrected chi connectivity index (χ1v) is 6.34. The van der Waals surface area contributed by atoms with Crippen LogP contribution in [0.15, 0.2) is 40.8 Å². The molecule has 0 fully saturated rings. The highest BCUT2D eigenvalue weighted by Crippen LogP contribution is 2.28. The van der Waals surface area contributed by atoms with Crippen molar-refractivity contribution in [3.8, 4) is 11.3 Å². The molecule has 0 saturated heterocycles. The van der Waals surface area contributed by atoms with Crippen LogP contribution in [0, 0.1) is 5.82 Å². The van der Waals surface area contributed by atoms with Crippen molar-refractivity contribution in [1.82, 2.24) is 5.32 Å². The normalized spacial score (nSPS) is 12.6. The standard InChI is InChI=1S/C15H18FNO/c1-3-13(17-4-2)15-10-9-14(18-15)11-7-5-6-8-12(11)16/h5-10,13,17H,3-4H2,1-2H3. The van der Waals surface area contributed by atoms with Crippen LogP contribution in [0.2, 0.25) is 0 Å². The van der Waals surface area contributed by atoms with Gasteiger partial charge in [0.2, 0.25) is 0 Å². The molecule has 1 unspecified atom stereocenters. The van der Waals surface area contributed by atoms with E-state index in [0.717, 1.165) is 18.7 Å². The van der Waals surface area contributed by atoms with Crippen molar-refractivity contribution in [2.45, 2.75) is 26.3 Å². The summed E-state index contributed by atoms with van der Waals surface area (Å²) in [5.74, 6) is 1.19. The Kier molecular flexibility index (Phi) is 4.15. The predicted molar refractivity (Wildman–Crippen MR) is 70.8 cm³/mol. The molecule has 0 aliphatic carbocycles. The summed E-state index contributed by atoms with van der Waals surface area (Å²) in [7, 11) is 0. The Morgan fingerprint density at radius 2 is 1.94 bits per heavy atom. The lowest BCUT2D eigenvalue weighted by Gasteiger charge is -2.12. The zero-order valence-electron chi connectivity index (χ0n) is 10.7. The average Bonchev–Trinajstić information content (AvgIpc) is 2.85. The van der Waals surface area contributed by atoms with E-state index in [1.54, 1.807) is 12.1 Å². The predicted octanol–water partition coefficient (Wildman–Crippen LogP) is 4.15. The smallest absolute Gasteiger partial charge is 0.137 e. The fourth-order valence-electron chi connectivity index (χ4n) is 2.04. The fraction of sp³-hybridized carbons (Fsp3) is 0.333. The van der Waals surface area contributed by atoms with Gasteiger partial charge >= 0.3 is 0 Å². The molecule has 1 N–H and O–H groups in total. The highest BCUT2D eigenvalue weighted by atomic mass is 19.1. The van der Waals surface area contributed by atoms with Crippen molar-refractivity contribution < 1.29 is 8.81 Å². The van der Waals surface area contributed by atoms with Gasteiger partial charge in [-0.1, -0.05) is 26.0 Å². The molecule has 3 heteroatoms. The topological polar surface area (TPSA) is 25.2 Å². The van der Waals surface area contributed by atoms with Gasteiger partial charge in [-0.2, -0.15) is 0 Å². The first-order valence-electron chi connectivity index (χ1n) is 6.34. The van der Waals surface area contributed by atoms with Crippen LogP contribution >= 0.6 is 0 Å². The molecule has 18 heavy (non-hydrogen) atoms. The molecule has 1 aromatic carbocycles. The number of furan rings is 1. The second-order valence-electron chi connectivity index (χ2n) is 4.20. The SMILES string of the molecule is CCNC(CC)c1ccc(-c2ccccc2F)o1.